The van der Waals surface area contributed by atoms with Gasteiger partial charge in [-0.15, -0.1) is 0 Å². The van der Waals surface area contributed by atoms with Gasteiger partial charge in [0.1, 0.15) is 6.33 Å². The Kier molecular flexibility index (Phi) is 2.94. The first-order valence-corrected chi connectivity index (χ1v) is 5.37. The van der Waals surface area contributed by atoms with Crippen molar-refractivity contribution < 1.29 is 4.79 Å². The highest BCUT2D eigenvalue weighted by Crippen LogP contribution is 2.38. The largest absolute Gasteiger partial charge is 0.350 e. The Labute approximate surface area is 89.1 Å². The molecule has 4 nitrogen and oxygen atoms in total. The second-order valence-electron chi connectivity index (χ2n) is 3.84. The summed E-state index contributed by atoms with van der Waals surface area (Å²) >= 11 is 0. The standard InChI is InChI=1S/C11H15N3O/c1-2-11(15)12-6-9-5-10(8-3-4-8)14-7-13-9/h5,7-8H,2-4,6H2,1H3,(H,12,15). The molecule has 1 N–H and O–H groups in total. The number of carbonyl (C=O) groups excluding carboxylic acids is 1. The number of rotatable bonds is 4. The minimum absolute atomic E-state index is 0.0570. The molecule has 0 bridgehead atoms. The van der Waals surface area contributed by atoms with Crippen LogP contribution >= 0.6 is 0 Å². The lowest BCUT2D eigenvalue weighted by atomic mass is 10.2. The fourth-order valence-corrected chi connectivity index (χ4v) is 1.43. The zero-order valence-electron chi connectivity index (χ0n) is 8.86. The maximum absolute atomic E-state index is 11.1. The molecule has 0 aliphatic heterocycles. The maximum Gasteiger partial charge on any atom is 0.220 e. The van der Waals surface area contributed by atoms with Gasteiger partial charge in [-0.2, -0.15) is 0 Å². The fraction of sp³-hybridized carbons (Fsp3) is 0.545. The smallest absolute Gasteiger partial charge is 0.220 e. The lowest BCUT2D eigenvalue weighted by molar-refractivity contribution is -0.120. The van der Waals surface area contributed by atoms with E-state index >= 15 is 0 Å². The van der Waals surface area contributed by atoms with Crippen LogP contribution in [0.15, 0.2) is 12.4 Å². The van der Waals surface area contributed by atoms with Crippen molar-refractivity contribution in [2.24, 2.45) is 0 Å². The lowest BCUT2D eigenvalue weighted by Crippen LogP contribution is -2.22. The van der Waals surface area contributed by atoms with Crippen LogP contribution < -0.4 is 5.32 Å². The molecule has 4 heteroatoms. The van der Waals surface area contributed by atoms with Gasteiger partial charge in [0.05, 0.1) is 12.2 Å². The molecule has 0 unspecified atom stereocenters. The lowest BCUT2D eigenvalue weighted by Gasteiger charge is -2.04. The Balaban J connectivity index is 1.95. The number of amides is 1. The van der Waals surface area contributed by atoms with E-state index in [4.69, 9.17) is 0 Å². The number of aromatic nitrogens is 2. The van der Waals surface area contributed by atoms with Crippen molar-refractivity contribution in [2.75, 3.05) is 0 Å². The van der Waals surface area contributed by atoms with E-state index in [-0.39, 0.29) is 5.91 Å². The summed E-state index contributed by atoms with van der Waals surface area (Å²) in [6, 6.07) is 1.99. The third-order valence-electron chi connectivity index (χ3n) is 2.53. The quantitative estimate of drug-likeness (QED) is 0.808. The Hall–Kier alpha value is -1.45. The summed E-state index contributed by atoms with van der Waals surface area (Å²) in [6.45, 7) is 2.35. The molecule has 1 aromatic heterocycles. The summed E-state index contributed by atoms with van der Waals surface area (Å²) in [7, 11) is 0. The van der Waals surface area contributed by atoms with Crippen LogP contribution in [-0.2, 0) is 11.3 Å². The van der Waals surface area contributed by atoms with Crippen molar-refractivity contribution in [2.45, 2.75) is 38.6 Å². The van der Waals surface area contributed by atoms with Crippen molar-refractivity contribution in [1.82, 2.24) is 15.3 Å². The zero-order valence-corrected chi connectivity index (χ0v) is 8.86. The molecule has 15 heavy (non-hydrogen) atoms. The van der Waals surface area contributed by atoms with Gasteiger partial charge in [0.15, 0.2) is 0 Å². The number of nitrogens with one attached hydrogen (secondary N) is 1. The van der Waals surface area contributed by atoms with Gasteiger partial charge in [-0.05, 0) is 18.9 Å². The number of hydrogen-bond acceptors (Lipinski definition) is 3. The molecule has 80 valence electrons. The molecule has 1 amide bonds. The van der Waals surface area contributed by atoms with E-state index in [2.05, 4.69) is 15.3 Å². The molecule has 1 aromatic rings. The Morgan fingerprint density at radius 1 is 1.53 bits per heavy atom. The van der Waals surface area contributed by atoms with E-state index in [1.54, 1.807) is 6.33 Å². The molecule has 1 saturated carbocycles. The average molecular weight is 205 g/mol. The number of hydrogen-bond donors (Lipinski definition) is 1. The Morgan fingerprint density at radius 2 is 2.33 bits per heavy atom. The molecule has 1 heterocycles. The summed E-state index contributed by atoms with van der Waals surface area (Å²) in [4.78, 5) is 19.4. The minimum Gasteiger partial charge on any atom is -0.350 e. The van der Waals surface area contributed by atoms with Gasteiger partial charge in [0, 0.05) is 18.0 Å². The van der Waals surface area contributed by atoms with Crippen LogP contribution in [0.25, 0.3) is 0 Å². The predicted octanol–water partition coefficient (Wildman–Crippen LogP) is 1.38. The van der Waals surface area contributed by atoms with Gasteiger partial charge in [0.25, 0.3) is 0 Å². The normalized spacial score (nSPS) is 15.0. The van der Waals surface area contributed by atoms with Crippen molar-refractivity contribution in [3.8, 4) is 0 Å². The number of carbonyl (C=O) groups is 1. The number of nitrogens with zero attached hydrogens (tertiary/aromatic N) is 2. The topological polar surface area (TPSA) is 54.9 Å². The zero-order chi connectivity index (χ0) is 10.7. The minimum atomic E-state index is 0.0570. The van der Waals surface area contributed by atoms with E-state index in [0.717, 1.165) is 11.4 Å². The molecule has 0 atom stereocenters. The van der Waals surface area contributed by atoms with Gasteiger partial charge < -0.3 is 5.32 Å². The molecule has 0 aromatic carbocycles. The maximum atomic E-state index is 11.1. The van der Waals surface area contributed by atoms with Gasteiger partial charge in [-0.1, -0.05) is 6.92 Å². The second kappa shape index (κ2) is 4.38. The van der Waals surface area contributed by atoms with Crippen molar-refractivity contribution in [3.63, 3.8) is 0 Å². The molecular weight excluding hydrogens is 190 g/mol. The van der Waals surface area contributed by atoms with E-state index in [1.807, 2.05) is 13.0 Å². The summed E-state index contributed by atoms with van der Waals surface area (Å²) in [5.41, 5.74) is 2.01. The van der Waals surface area contributed by atoms with Crippen LogP contribution in [0.2, 0.25) is 0 Å². The molecule has 1 aliphatic carbocycles. The fourth-order valence-electron chi connectivity index (χ4n) is 1.43. The predicted molar refractivity (Wildman–Crippen MR) is 56.1 cm³/mol. The van der Waals surface area contributed by atoms with Crippen LogP contribution in [0, 0.1) is 0 Å². The summed E-state index contributed by atoms with van der Waals surface area (Å²) < 4.78 is 0. The molecule has 0 spiro atoms. The van der Waals surface area contributed by atoms with Crippen LogP contribution in [0.3, 0.4) is 0 Å². The van der Waals surface area contributed by atoms with Gasteiger partial charge in [0.2, 0.25) is 5.91 Å². The molecular formula is C11H15N3O. The third kappa shape index (κ3) is 2.75. The van der Waals surface area contributed by atoms with Crippen LogP contribution in [0.5, 0.6) is 0 Å². The molecule has 1 aliphatic rings. The average Bonchev–Trinajstić information content (AvgIpc) is 3.10. The van der Waals surface area contributed by atoms with Gasteiger partial charge in [-0.25, -0.2) is 9.97 Å². The van der Waals surface area contributed by atoms with E-state index in [0.29, 0.717) is 18.9 Å². The van der Waals surface area contributed by atoms with E-state index in [1.165, 1.54) is 12.8 Å². The second-order valence-corrected chi connectivity index (χ2v) is 3.84. The van der Waals surface area contributed by atoms with Crippen molar-refractivity contribution >= 4 is 5.91 Å². The Bertz CT molecular complexity index is 361. The molecule has 1 fully saturated rings. The monoisotopic (exact) mass is 205 g/mol. The summed E-state index contributed by atoms with van der Waals surface area (Å²) in [6.07, 6.45) is 4.57. The summed E-state index contributed by atoms with van der Waals surface area (Å²) in [5.74, 6) is 0.690. The van der Waals surface area contributed by atoms with Crippen molar-refractivity contribution in [1.29, 1.82) is 0 Å². The highest BCUT2D eigenvalue weighted by atomic mass is 16.1. The third-order valence-corrected chi connectivity index (χ3v) is 2.53. The highest BCUT2D eigenvalue weighted by molar-refractivity contribution is 5.75. The first-order chi connectivity index (χ1) is 7.29. The molecule has 0 radical (unpaired) electrons. The van der Waals surface area contributed by atoms with Crippen molar-refractivity contribution in [3.05, 3.63) is 23.8 Å². The van der Waals surface area contributed by atoms with Crippen LogP contribution in [0.4, 0.5) is 0 Å². The van der Waals surface area contributed by atoms with Gasteiger partial charge >= 0.3 is 0 Å². The van der Waals surface area contributed by atoms with Crippen LogP contribution in [0.1, 0.15) is 43.5 Å². The first kappa shape index (κ1) is 10.1. The highest BCUT2D eigenvalue weighted by Gasteiger charge is 2.25. The van der Waals surface area contributed by atoms with Gasteiger partial charge in [-0.3, -0.25) is 4.79 Å². The van der Waals surface area contributed by atoms with E-state index < -0.39 is 0 Å². The summed E-state index contributed by atoms with van der Waals surface area (Å²) in [5, 5.41) is 2.81. The SMILES string of the molecule is CCC(=O)NCc1cc(C2CC2)ncn1. The first-order valence-electron chi connectivity index (χ1n) is 5.37. The Morgan fingerprint density at radius 3 is 3.00 bits per heavy atom. The molecule has 0 saturated heterocycles. The molecule has 2 rings (SSSR count). The van der Waals surface area contributed by atoms with Crippen LogP contribution in [-0.4, -0.2) is 15.9 Å². The van der Waals surface area contributed by atoms with E-state index in [9.17, 15) is 4.79 Å².